The van der Waals surface area contributed by atoms with E-state index in [1.807, 2.05) is 11.9 Å². The van der Waals surface area contributed by atoms with E-state index in [-0.39, 0.29) is 11.3 Å². The zero-order chi connectivity index (χ0) is 14.3. The Hall–Kier alpha value is -0.570. The van der Waals surface area contributed by atoms with Gasteiger partial charge in [0.2, 0.25) is 5.91 Å². The van der Waals surface area contributed by atoms with Crippen LogP contribution in [0.15, 0.2) is 0 Å². The monoisotopic (exact) mass is 256 g/mol. The van der Waals surface area contributed by atoms with Crippen molar-refractivity contribution in [3.63, 3.8) is 0 Å². The molecule has 108 valence electrons. The van der Waals surface area contributed by atoms with Crippen molar-refractivity contribution in [2.24, 2.45) is 17.1 Å². The first-order valence-electron chi connectivity index (χ1n) is 7.15. The molecule has 0 aliphatic heterocycles. The molecular formula is C15H32N2O. The fourth-order valence-electron chi connectivity index (χ4n) is 2.22. The lowest BCUT2D eigenvalue weighted by Crippen LogP contribution is -2.36. The molecule has 0 saturated heterocycles. The van der Waals surface area contributed by atoms with E-state index in [0.29, 0.717) is 24.9 Å². The zero-order valence-electron chi connectivity index (χ0n) is 13.1. The smallest absolute Gasteiger partial charge is 0.222 e. The van der Waals surface area contributed by atoms with Gasteiger partial charge in [-0.2, -0.15) is 0 Å². The number of rotatable bonds is 8. The highest BCUT2D eigenvalue weighted by Crippen LogP contribution is 2.26. The second-order valence-electron chi connectivity index (χ2n) is 6.69. The highest BCUT2D eigenvalue weighted by molar-refractivity contribution is 5.76. The van der Waals surface area contributed by atoms with Crippen molar-refractivity contribution in [2.45, 2.75) is 66.3 Å². The topological polar surface area (TPSA) is 46.3 Å². The summed E-state index contributed by atoms with van der Waals surface area (Å²) in [7, 11) is 1.92. The van der Waals surface area contributed by atoms with Crippen molar-refractivity contribution in [3.8, 4) is 0 Å². The normalized spacial score (nSPS) is 13.8. The summed E-state index contributed by atoms with van der Waals surface area (Å²) >= 11 is 0. The van der Waals surface area contributed by atoms with Crippen molar-refractivity contribution >= 4 is 5.91 Å². The number of carbonyl (C=O) groups excluding carboxylic acids is 1. The molecule has 18 heavy (non-hydrogen) atoms. The Morgan fingerprint density at radius 3 is 2.22 bits per heavy atom. The first-order chi connectivity index (χ1) is 8.19. The second kappa shape index (κ2) is 7.78. The van der Waals surface area contributed by atoms with Crippen LogP contribution in [-0.2, 0) is 4.79 Å². The summed E-state index contributed by atoms with van der Waals surface area (Å²) in [6, 6.07) is 0.329. The Morgan fingerprint density at radius 2 is 1.78 bits per heavy atom. The van der Waals surface area contributed by atoms with Crippen LogP contribution in [0.3, 0.4) is 0 Å². The molecule has 0 aromatic rings. The molecule has 3 heteroatoms. The van der Waals surface area contributed by atoms with Gasteiger partial charge in [-0.3, -0.25) is 4.79 Å². The molecule has 2 N–H and O–H groups in total. The average molecular weight is 256 g/mol. The molecule has 0 aliphatic rings. The van der Waals surface area contributed by atoms with Gasteiger partial charge in [0.15, 0.2) is 0 Å². The number of nitrogens with zero attached hydrogens (tertiary/aromatic N) is 1. The fourth-order valence-corrected chi connectivity index (χ4v) is 2.22. The molecule has 3 nitrogen and oxygen atoms in total. The maximum atomic E-state index is 12.1. The van der Waals surface area contributed by atoms with Crippen LogP contribution in [-0.4, -0.2) is 30.4 Å². The van der Waals surface area contributed by atoms with E-state index in [0.717, 1.165) is 19.3 Å². The van der Waals surface area contributed by atoms with Gasteiger partial charge >= 0.3 is 0 Å². The number of nitrogens with two attached hydrogens (primary N) is 1. The minimum atomic E-state index is 0.173. The third kappa shape index (κ3) is 7.00. The maximum Gasteiger partial charge on any atom is 0.222 e. The number of carbonyl (C=O) groups is 1. The van der Waals surface area contributed by atoms with Crippen LogP contribution in [0.1, 0.15) is 60.3 Å². The third-order valence-corrected chi connectivity index (χ3v) is 3.70. The summed E-state index contributed by atoms with van der Waals surface area (Å²) in [5, 5.41) is 0. The minimum Gasteiger partial charge on any atom is -0.343 e. The largest absolute Gasteiger partial charge is 0.343 e. The summed E-state index contributed by atoms with van der Waals surface area (Å²) in [5.41, 5.74) is 5.76. The van der Waals surface area contributed by atoms with Crippen molar-refractivity contribution in [2.75, 3.05) is 13.6 Å². The summed E-state index contributed by atoms with van der Waals surface area (Å²) in [6.45, 7) is 11.6. The van der Waals surface area contributed by atoms with Crippen LogP contribution in [0.25, 0.3) is 0 Å². The molecule has 0 fully saturated rings. The first-order valence-corrected chi connectivity index (χ1v) is 7.15. The van der Waals surface area contributed by atoms with Gasteiger partial charge in [0.25, 0.3) is 0 Å². The van der Waals surface area contributed by atoms with E-state index in [4.69, 9.17) is 5.73 Å². The minimum absolute atomic E-state index is 0.173. The van der Waals surface area contributed by atoms with E-state index in [1.54, 1.807) is 0 Å². The number of hydrogen-bond donors (Lipinski definition) is 1. The molecule has 0 saturated carbocycles. The summed E-state index contributed by atoms with van der Waals surface area (Å²) in [5.74, 6) is 0.886. The molecule has 0 aromatic heterocycles. The predicted molar refractivity (Wildman–Crippen MR) is 78.4 cm³/mol. The molecule has 0 heterocycles. The molecule has 1 amide bonds. The first kappa shape index (κ1) is 17.4. The molecule has 0 rings (SSSR count). The highest BCUT2D eigenvalue weighted by atomic mass is 16.2. The van der Waals surface area contributed by atoms with E-state index in [9.17, 15) is 4.79 Å². The lowest BCUT2D eigenvalue weighted by atomic mass is 9.84. The lowest BCUT2D eigenvalue weighted by molar-refractivity contribution is -0.132. The van der Waals surface area contributed by atoms with Crippen LogP contribution in [0.5, 0.6) is 0 Å². The van der Waals surface area contributed by atoms with Crippen LogP contribution >= 0.6 is 0 Å². The Kier molecular flexibility index (Phi) is 7.53. The Labute approximate surface area is 113 Å². The third-order valence-electron chi connectivity index (χ3n) is 3.70. The quantitative estimate of drug-likeness (QED) is 0.725. The maximum absolute atomic E-state index is 12.1. The molecule has 1 unspecified atom stereocenters. The average Bonchev–Trinajstić information content (AvgIpc) is 2.24. The zero-order valence-corrected chi connectivity index (χ0v) is 13.1. The van der Waals surface area contributed by atoms with Crippen LogP contribution in [0.4, 0.5) is 0 Å². The Bertz CT molecular complexity index is 249. The van der Waals surface area contributed by atoms with Gasteiger partial charge in [0, 0.05) is 19.5 Å². The van der Waals surface area contributed by atoms with Gasteiger partial charge in [0.05, 0.1) is 0 Å². The van der Waals surface area contributed by atoms with Crippen molar-refractivity contribution < 1.29 is 4.79 Å². The van der Waals surface area contributed by atoms with E-state index in [2.05, 4.69) is 34.6 Å². The molecule has 0 spiro atoms. The molecular weight excluding hydrogens is 224 g/mol. The van der Waals surface area contributed by atoms with Crippen molar-refractivity contribution in [1.82, 2.24) is 4.90 Å². The van der Waals surface area contributed by atoms with Crippen LogP contribution < -0.4 is 5.73 Å². The lowest BCUT2D eigenvalue weighted by Gasteiger charge is -2.29. The predicted octanol–water partition coefficient (Wildman–Crippen LogP) is 3.03. The summed E-state index contributed by atoms with van der Waals surface area (Å²) in [6.07, 6.45) is 3.59. The van der Waals surface area contributed by atoms with Crippen molar-refractivity contribution in [1.29, 1.82) is 0 Å². The fraction of sp³-hybridized carbons (Fsp3) is 0.933. The molecule has 0 radical (unpaired) electrons. The Morgan fingerprint density at radius 1 is 1.22 bits per heavy atom. The van der Waals surface area contributed by atoms with Gasteiger partial charge in [-0.1, -0.05) is 27.7 Å². The molecule has 0 bridgehead atoms. The van der Waals surface area contributed by atoms with Gasteiger partial charge < -0.3 is 10.6 Å². The standard InChI is InChI=1S/C15H32N2O/c1-12(2)11-13(3)17(6)14(18)7-8-15(4,5)9-10-16/h12-13H,7-11,16H2,1-6H3. The summed E-state index contributed by atoms with van der Waals surface area (Å²) in [4.78, 5) is 14.0. The molecule has 0 aliphatic carbocycles. The van der Waals surface area contributed by atoms with E-state index < -0.39 is 0 Å². The summed E-state index contributed by atoms with van der Waals surface area (Å²) < 4.78 is 0. The van der Waals surface area contributed by atoms with Crippen LogP contribution in [0.2, 0.25) is 0 Å². The van der Waals surface area contributed by atoms with Gasteiger partial charge in [0.1, 0.15) is 0 Å². The van der Waals surface area contributed by atoms with Gasteiger partial charge in [-0.15, -0.1) is 0 Å². The van der Waals surface area contributed by atoms with Gasteiger partial charge in [-0.05, 0) is 44.1 Å². The van der Waals surface area contributed by atoms with Crippen LogP contribution in [0, 0.1) is 11.3 Å². The van der Waals surface area contributed by atoms with Crippen molar-refractivity contribution in [3.05, 3.63) is 0 Å². The van der Waals surface area contributed by atoms with E-state index >= 15 is 0 Å². The molecule has 0 aromatic carbocycles. The second-order valence-corrected chi connectivity index (χ2v) is 6.69. The molecule has 1 atom stereocenters. The highest BCUT2D eigenvalue weighted by Gasteiger charge is 2.21. The van der Waals surface area contributed by atoms with Gasteiger partial charge in [-0.25, -0.2) is 0 Å². The Balaban J connectivity index is 4.16. The van der Waals surface area contributed by atoms with E-state index in [1.165, 1.54) is 0 Å². The number of hydrogen-bond acceptors (Lipinski definition) is 2. The number of amides is 1. The SMILES string of the molecule is CC(C)CC(C)N(C)C(=O)CCC(C)(C)CCN.